The maximum atomic E-state index is 6.39. The Labute approximate surface area is 173 Å². The Hall–Kier alpha value is -1.41. The van der Waals surface area contributed by atoms with Gasteiger partial charge in [0.1, 0.15) is 0 Å². The number of benzene rings is 1. The molecule has 0 aliphatic rings. The van der Waals surface area contributed by atoms with Crippen LogP contribution >= 0.6 is 34.7 Å². The summed E-state index contributed by atoms with van der Waals surface area (Å²) in [6.45, 7) is 3.65. The van der Waals surface area contributed by atoms with Gasteiger partial charge in [0, 0.05) is 37.0 Å². The number of nitrogens with zero attached hydrogens (tertiary/aromatic N) is 4. The van der Waals surface area contributed by atoms with E-state index in [1.54, 1.807) is 30.2 Å². The lowest BCUT2D eigenvalue weighted by molar-refractivity contribution is 0.189. The monoisotopic (exact) mass is 422 g/mol. The minimum absolute atomic E-state index is 0.679. The first-order valence-electron chi connectivity index (χ1n) is 8.96. The van der Waals surface area contributed by atoms with E-state index in [0.29, 0.717) is 11.6 Å². The number of rotatable bonds is 10. The van der Waals surface area contributed by atoms with E-state index in [9.17, 15) is 0 Å². The predicted octanol–water partition coefficient (Wildman–Crippen LogP) is 5.34. The summed E-state index contributed by atoms with van der Waals surface area (Å²) < 4.78 is 7.34. The molecule has 0 N–H and O–H groups in total. The van der Waals surface area contributed by atoms with Gasteiger partial charge in [0.05, 0.1) is 15.7 Å². The van der Waals surface area contributed by atoms with Gasteiger partial charge in [0.2, 0.25) is 0 Å². The van der Waals surface area contributed by atoms with Crippen LogP contribution in [0.2, 0.25) is 5.02 Å². The average molecular weight is 423 g/mol. The van der Waals surface area contributed by atoms with E-state index in [1.165, 1.54) is 5.01 Å². The Morgan fingerprint density at radius 3 is 2.89 bits per heavy atom. The van der Waals surface area contributed by atoms with Gasteiger partial charge in [-0.05, 0) is 31.4 Å². The number of halogens is 1. The van der Waals surface area contributed by atoms with Gasteiger partial charge in [0.15, 0.2) is 11.0 Å². The Bertz CT molecular complexity index is 865. The van der Waals surface area contributed by atoms with Crippen molar-refractivity contribution < 1.29 is 4.74 Å². The zero-order valence-corrected chi connectivity index (χ0v) is 17.9. The van der Waals surface area contributed by atoms with Gasteiger partial charge in [0.25, 0.3) is 0 Å². The number of hydrogen-bond acceptors (Lipinski definition) is 6. The van der Waals surface area contributed by atoms with E-state index in [0.717, 1.165) is 53.8 Å². The molecule has 0 aliphatic heterocycles. The topological polar surface area (TPSA) is 52.8 Å². The fourth-order valence-electron chi connectivity index (χ4n) is 2.69. The number of methoxy groups -OCH3 is 1. The Kier molecular flexibility index (Phi) is 7.70. The van der Waals surface area contributed by atoms with Crippen LogP contribution in [0.5, 0.6) is 0 Å². The SMILES string of the molecule is CCCc1nc(CSc2nnc(-c3ccccc3Cl)n2CCCOC)cs1. The molecule has 0 amide bonds. The van der Waals surface area contributed by atoms with Crippen LogP contribution in [-0.2, 0) is 23.5 Å². The van der Waals surface area contributed by atoms with Gasteiger partial charge < -0.3 is 9.30 Å². The van der Waals surface area contributed by atoms with Crippen molar-refractivity contribution in [3.8, 4) is 11.4 Å². The van der Waals surface area contributed by atoms with E-state index < -0.39 is 0 Å². The van der Waals surface area contributed by atoms with E-state index in [4.69, 9.17) is 21.3 Å². The molecule has 8 heteroatoms. The largest absolute Gasteiger partial charge is 0.385 e. The summed E-state index contributed by atoms with van der Waals surface area (Å²) in [5.74, 6) is 1.58. The fourth-order valence-corrected chi connectivity index (χ4v) is 4.77. The van der Waals surface area contributed by atoms with E-state index in [-0.39, 0.29) is 0 Å². The smallest absolute Gasteiger partial charge is 0.191 e. The van der Waals surface area contributed by atoms with Crippen molar-refractivity contribution in [2.75, 3.05) is 13.7 Å². The molecule has 0 saturated heterocycles. The Morgan fingerprint density at radius 1 is 1.26 bits per heavy atom. The van der Waals surface area contributed by atoms with Gasteiger partial charge in [-0.1, -0.05) is 42.4 Å². The lowest BCUT2D eigenvalue weighted by Gasteiger charge is -2.10. The Morgan fingerprint density at radius 2 is 2.11 bits per heavy atom. The summed E-state index contributed by atoms with van der Waals surface area (Å²) >= 11 is 9.78. The summed E-state index contributed by atoms with van der Waals surface area (Å²) in [6.07, 6.45) is 3.05. The molecule has 3 rings (SSSR count). The normalized spacial score (nSPS) is 11.2. The second-order valence-electron chi connectivity index (χ2n) is 6.06. The van der Waals surface area contributed by atoms with Gasteiger partial charge in [-0.15, -0.1) is 21.5 Å². The highest BCUT2D eigenvalue weighted by Gasteiger charge is 2.16. The molecule has 0 spiro atoms. The third-order valence-electron chi connectivity index (χ3n) is 3.97. The summed E-state index contributed by atoms with van der Waals surface area (Å²) in [5, 5.41) is 13.7. The molecule has 5 nitrogen and oxygen atoms in total. The number of thioether (sulfide) groups is 1. The molecule has 2 aromatic heterocycles. The van der Waals surface area contributed by atoms with Crippen LogP contribution in [0.15, 0.2) is 34.8 Å². The standard InChI is InChI=1S/C19H23ClN4OS2/c1-3-7-17-21-14(12-26-17)13-27-19-23-22-18(24(19)10-6-11-25-2)15-8-4-5-9-16(15)20/h4-5,8-9,12H,3,6-7,10-11,13H2,1-2H3. The first-order chi connectivity index (χ1) is 13.2. The summed E-state index contributed by atoms with van der Waals surface area (Å²) in [6, 6.07) is 7.74. The fraction of sp³-hybridized carbons (Fsp3) is 0.421. The minimum atomic E-state index is 0.679. The van der Waals surface area contributed by atoms with Crippen molar-refractivity contribution in [3.63, 3.8) is 0 Å². The zero-order valence-electron chi connectivity index (χ0n) is 15.5. The molecule has 0 bridgehead atoms. The molecule has 0 unspecified atom stereocenters. The number of aryl methyl sites for hydroxylation is 1. The number of thiazole rings is 1. The predicted molar refractivity (Wildman–Crippen MR) is 113 cm³/mol. The van der Waals surface area contributed by atoms with Crippen LogP contribution in [0.3, 0.4) is 0 Å². The molecule has 144 valence electrons. The van der Waals surface area contributed by atoms with Crippen LogP contribution in [0.25, 0.3) is 11.4 Å². The van der Waals surface area contributed by atoms with Crippen molar-refractivity contribution in [2.24, 2.45) is 0 Å². The lowest BCUT2D eigenvalue weighted by atomic mass is 10.2. The van der Waals surface area contributed by atoms with Crippen LogP contribution in [0, 0.1) is 0 Å². The van der Waals surface area contributed by atoms with Gasteiger partial charge in [-0.2, -0.15) is 0 Å². The average Bonchev–Trinajstić information content (AvgIpc) is 3.28. The summed E-state index contributed by atoms with van der Waals surface area (Å²) in [4.78, 5) is 4.70. The second-order valence-corrected chi connectivity index (χ2v) is 8.35. The molecule has 0 radical (unpaired) electrons. The van der Waals surface area contributed by atoms with Crippen molar-refractivity contribution in [2.45, 2.75) is 43.6 Å². The van der Waals surface area contributed by atoms with Crippen LogP contribution in [-0.4, -0.2) is 33.5 Å². The number of hydrogen-bond donors (Lipinski definition) is 0. The molecule has 0 atom stereocenters. The van der Waals surface area contributed by atoms with E-state index in [1.807, 2.05) is 24.3 Å². The van der Waals surface area contributed by atoms with Gasteiger partial charge >= 0.3 is 0 Å². The molecule has 27 heavy (non-hydrogen) atoms. The van der Waals surface area contributed by atoms with Gasteiger partial charge in [-0.3, -0.25) is 0 Å². The van der Waals surface area contributed by atoms with Crippen LogP contribution in [0.1, 0.15) is 30.5 Å². The molecule has 2 heterocycles. The number of aromatic nitrogens is 4. The van der Waals surface area contributed by atoms with Crippen molar-refractivity contribution in [3.05, 3.63) is 45.4 Å². The molecule has 0 fully saturated rings. The first-order valence-corrected chi connectivity index (χ1v) is 11.2. The summed E-state index contributed by atoms with van der Waals surface area (Å²) in [5.41, 5.74) is 1.99. The Balaban J connectivity index is 1.80. The number of ether oxygens (including phenoxy) is 1. The molecular formula is C19H23ClN4OS2. The molecule has 0 saturated carbocycles. The van der Waals surface area contributed by atoms with Crippen LogP contribution < -0.4 is 0 Å². The first kappa shape index (κ1) is 20.3. The third-order valence-corrected chi connectivity index (χ3v) is 6.26. The molecular weight excluding hydrogens is 400 g/mol. The van der Waals surface area contributed by atoms with Crippen molar-refractivity contribution in [1.29, 1.82) is 0 Å². The zero-order chi connectivity index (χ0) is 19.1. The molecule has 3 aromatic rings. The maximum Gasteiger partial charge on any atom is 0.191 e. The lowest BCUT2D eigenvalue weighted by Crippen LogP contribution is -2.05. The minimum Gasteiger partial charge on any atom is -0.385 e. The van der Waals surface area contributed by atoms with E-state index >= 15 is 0 Å². The quantitative estimate of drug-likeness (QED) is 0.326. The second kappa shape index (κ2) is 10.2. The highest BCUT2D eigenvalue weighted by atomic mass is 35.5. The molecule has 0 aliphatic carbocycles. The third kappa shape index (κ3) is 5.31. The summed E-state index contributed by atoms with van der Waals surface area (Å²) in [7, 11) is 1.72. The maximum absolute atomic E-state index is 6.39. The highest BCUT2D eigenvalue weighted by Crippen LogP contribution is 2.30. The van der Waals surface area contributed by atoms with Crippen molar-refractivity contribution in [1.82, 2.24) is 19.7 Å². The van der Waals surface area contributed by atoms with Gasteiger partial charge in [-0.25, -0.2) is 4.98 Å². The van der Waals surface area contributed by atoms with Crippen molar-refractivity contribution >= 4 is 34.7 Å². The highest BCUT2D eigenvalue weighted by molar-refractivity contribution is 7.98. The molecule has 1 aromatic carbocycles. The van der Waals surface area contributed by atoms with Crippen LogP contribution in [0.4, 0.5) is 0 Å². The van der Waals surface area contributed by atoms with E-state index in [2.05, 4.69) is 27.1 Å².